The largest absolute Gasteiger partial charge is 0.0885 e. The van der Waals surface area contributed by atoms with Crippen LogP contribution in [-0.2, 0) is 0 Å². The van der Waals surface area contributed by atoms with Crippen molar-refractivity contribution in [3.63, 3.8) is 0 Å². The molecule has 0 saturated heterocycles. The van der Waals surface area contributed by atoms with Gasteiger partial charge in [-0.15, -0.1) is 0 Å². The van der Waals surface area contributed by atoms with Crippen LogP contribution in [0.5, 0.6) is 0 Å². The van der Waals surface area contributed by atoms with Crippen molar-refractivity contribution in [3.8, 4) is 0 Å². The average Bonchev–Trinajstić information content (AvgIpc) is 1.83. The molecule has 0 saturated carbocycles. The lowest BCUT2D eigenvalue weighted by Gasteiger charge is -1.97. The van der Waals surface area contributed by atoms with Gasteiger partial charge < -0.3 is 0 Å². The Labute approximate surface area is 43.1 Å². The van der Waals surface area contributed by atoms with Gasteiger partial charge in [-0.2, -0.15) is 0 Å². The van der Waals surface area contributed by atoms with Crippen LogP contribution in [0.2, 0.25) is 0 Å². The summed E-state index contributed by atoms with van der Waals surface area (Å²) in [5, 5.41) is 0. The Morgan fingerprint density at radius 1 is 1.50 bits per heavy atom. The van der Waals surface area contributed by atoms with Gasteiger partial charge in [0.1, 0.15) is 0 Å². The van der Waals surface area contributed by atoms with Crippen molar-refractivity contribution >= 4 is 0 Å². The Morgan fingerprint density at radius 3 is 3.17 bits per heavy atom. The molecule has 0 amide bonds. The second-order valence-corrected chi connectivity index (χ2v) is 1.42. The molecule has 1 aliphatic carbocycles. The van der Waals surface area contributed by atoms with Crippen LogP contribution in [0.15, 0.2) is 12.1 Å². The normalized spacial score (nSPS) is 44.0. The quantitative estimate of drug-likeness (QED) is 0.395. The van der Waals surface area contributed by atoms with Crippen LogP contribution in [0.25, 0.3) is 0 Å². The van der Waals surface area contributed by atoms with Crippen molar-refractivity contribution in [2.24, 2.45) is 0 Å². The van der Waals surface area contributed by atoms with Crippen LogP contribution in [-0.4, -0.2) is 0 Å². The number of allylic oxidation sites excluding steroid dienone is 2. The van der Waals surface area contributed by atoms with E-state index in [9.17, 15) is 0 Å². The summed E-state index contributed by atoms with van der Waals surface area (Å²) in [6, 6.07) is 0.586. The third-order valence-corrected chi connectivity index (χ3v) is 0.854. The fraction of sp³-hybridized carbons (Fsp3) is 0.667. The first-order valence-electron chi connectivity index (χ1n) is 3.88. The zero-order valence-corrected chi connectivity index (χ0v) is 3.70. The Bertz CT molecular complexity index is 139. The highest BCUT2D eigenvalue weighted by atomic mass is 13.9. The third-order valence-electron chi connectivity index (χ3n) is 0.854. The van der Waals surface area contributed by atoms with Crippen molar-refractivity contribution in [2.45, 2.75) is 25.7 Å². The molecule has 1 unspecified atom stereocenters. The molecule has 0 N–H and O–H groups in total. The monoisotopic (exact) mass is 85.1 g/mol. The molecular formula is C6H10. The van der Waals surface area contributed by atoms with Crippen molar-refractivity contribution in [2.75, 3.05) is 0 Å². The van der Waals surface area contributed by atoms with Crippen LogP contribution in [0, 0.1) is 0 Å². The highest BCUT2D eigenvalue weighted by Gasteiger charge is 1.87. The Hall–Kier alpha value is -0.260. The van der Waals surface area contributed by atoms with E-state index in [1.54, 1.807) is 0 Å². The molecule has 0 heteroatoms. The molecule has 0 radical (unpaired) electrons. The second-order valence-electron chi connectivity index (χ2n) is 1.42. The zero-order chi connectivity index (χ0) is 6.85. The summed E-state index contributed by atoms with van der Waals surface area (Å²) in [5.41, 5.74) is 0. The molecule has 0 nitrogen and oxygen atoms in total. The molecule has 0 fully saturated rings. The molecule has 1 atom stereocenters. The van der Waals surface area contributed by atoms with Crippen molar-refractivity contribution < 1.29 is 4.11 Å². The van der Waals surface area contributed by atoms with E-state index < -0.39 is 6.40 Å². The van der Waals surface area contributed by atoms with Gasteiger partial charge in [0, 0.05) is 1.37 Å². The SMILES string of the molecule is [2H]C1=C([2H])C([2H])CCC1. The molecule has 0 aromatic rings. The predicted octanol–water partition coefficient (Wildman–Crippen LogP) is 2.12. The molecule has 0 heterocycles. The molecule has 0 aromatic carbocycles. The molecule has 0 spiro atoms. The van der Waals surface area contributed by atoms with E-state index in [0.29, 0.717) is 12.5 Å². The van der Waals surface area contributed by atoms with Crippen LogP contribution in [0.3, 0.4) is 0 Å². The topological polar surface area (TPSA) is 0 Å². The number of rotatable bonds is 0. The fourth-order valence-corrected chi connectivity index (χ4v) is 0.509. The first kappa shape index (κ1) is 1.69. The molecule has 1 aliphatic rings. The maximum Gasteiger partial charge on any atom is 0.0572 e. The van der Waals surface area contributed by atoms with Crippen molar-refractivity contribution in [1.29, 1.82) is 0 Å². The van der Waals surface area contributed by atoms with E-state index in [1.807, 2.05) is 0 Å². The zero-order valence-electron chi connectivity index (χ0n) is 6.70. The number of hydrogen-bond acceptors (Lipinski definition) is 0. The first-order valence-corrected chi connectivity index (χ1v) is 2.30. The number of hydrogen-bond donors (Lipinski definition) is 0. The maximum atomic E-state index is 7.24. The summed E-state index contributed by atoms with van der Waals surface area (Å²) in [5.74, 6) is 0. The molecule has 0 aliphatic heterocycles. The highest BCUT2D eigenvalue weighted by Crippen LogP contribution is 2.07. The Kier molecular flexibility index (Phi) is 0.566. The molecular weight excluding hydrogens is 72.1 g/mol. The van der Waals surface area contributed by atoms with Crippen LogP contribution < -0.4 is 0 Å². The summed E-state index contributed by atoms with van der Waals surface area (Å²) in [6.45, 7) is 0. The first-order chi connectivity index (χ1) is 4.22. The van der Waals surface area contributed by atoms with Gasteiger partial charge in [-0.05, 0) is 25.7 Å². The van der Waals surface area contributed by atoms with E-state index in [0.717, 1.165) is 12.8 Å². The summed E-state index contributed by atoms with van der Waals surface area (Å²) in [6.07, 6.45) is 1.97. The summed E-state index contributed by atoms with van der Waals surface area (Å²) in [7, 11) is 0. The molecule has 34 valence electrons. The maximum absolute atomic E-state index is 7.24. The molecule has 0 aromatic heterocycles. The standard InChI is InChI=1S/C6H10/c1-2-4-6-5-3-1/h1-2H,3-6H2/i1D,2D,3D. The molecule has 1 rings (SSSR count). The van der Waals surface area contributed by atoms with Crippen LogP contribution >= 0.6 is 0 Å². The van der Waals surface area contributed by atoms with Gasteiger partial charge in [0.15, 0.2) is 0 Å². The van der Waals surface area contributed by atoms with Gasteiger partial charge >= 0.3 is 0 Å². The Morgan fingerprint density at radius 2 is 2.50 bits per heavy atom. The minimum atomic E-state index is -0.411. The molecule has 6 heavy (non-hydrogen) atoms. The van der Waals surface area contributed by atoms with E-state index in [-0.39, 0.29) is 6.05 Å². The smallest absolute Gasteiger partial charge is 0.0572 e. The van der Waals surface area contributed by atoms with Crippen molar-refractivity contribution in [3.05, 3.63) is 12.1 Å². The summed E-state index contributed by atoms with van der Waals surface area (Å²) < 4.78 is 21.6. The van der Waals surface area contributed by atoms with E-state index in [4.69, 9.17) is 4.11 Å². The lowest BCUT2D eigenvalue weighted by Crippen LogP contribution is -1.77. The fourth-order valence-electron chi connectivity index (χ4n) is 0.509. The van der Waals surface area contributed by atoms with Gasteiger partial charge in [0.2, 0.25) is 0 Å². The highest BCUT2D eigenvalue weighted by molar-refractivity contribution is 4.85. The minimum absolute atomic E-state index is 0.223. The average molecular weight is 85.2 g/mol. The van der Waals surface area contributed by atoms with Gasteiger partial charge in [-0.3, -0.25) is 0 Å². The third kappa shape index (κ3) is 0.852. The van der Waals surface area contributed by atoms with E-state index in [1.165, 1.54) is 0 Å². The summed E-state index contributed by atoms with van der Waals surface area (Å²) >= 11 is 0. The van der Waals surface area contributed by atoms with Gasteiger partial charge in [-0.1, -0.05) is 12.1 Å². The Balaban J connectivity index is 2.72. The lowest BCUT2D eigenvalue weighted by molar-refractivity contribution is 0.730. The predicted molar refractivity (Wildman–Crippen MR) is 27.6 cm³/mol. The van der Waals surface area contributed by atoms with Crippen LogP contribution in [0.1, 0.15) is 29.8 Å². The summed E-state index contributed by atoms with van der Waals surface area (Å²) in [4.78, 5) is 0. The second kappa shape index (κ2) is 2.01. The van der Waals surface area contributed by atoms with Crippen molar-refractivity contribution in [1.82, 2.24) is 0 Å². The van der Waals surface area contributed by atoms with Gasteiger partial charge in [-0.25, -0.2) is 0 Å². The van der Waals surface area contributed by atoms with Gasteiger partial charge in [0.25, 0.3) is 0 Å². The van der Waals surface area contributed by atoms with E-state index >= 15 is 0 Å². The lowest BCUT2D eigenvalue weighted by atomic mass is 10.1. The van der Waals surface area contributed by atoms with E-state index in [2.05, 4.69) is 0 Å². The van der Waals surface area contributed by atoms with Crippen LogP contribution in [0.4, 0.5) is 0 Å². The van der Waals surface area contributed by atoms with Gasteiger partial charge in [0.05, 0.1) is 2.74 Å². The molecule has 0 bridgehead atoms. The minimum Gasteiger partial charge on any atom is -0.0885 e.